The zero-order chi connectivity index (χ0) is 12.2. The first-order valence-electron chi connectivity index (χ1n) is 5.89. The summed E-state index contributed by atoms with van der Waals surface area (Å²) in [5.41, 5.74) is 0. The van der Waals surface area contributed by atoms with Gasteiger partial charge in [0.15, 0.2) is 0 Å². The van der Waals surface area contributed by atoms with E-state index in [9.17, 15) is 0 Å². The third-order valence-electron chi connectivity index (χ3n) is 2.76. The molecule has 88 valence electrons. The third kappa shape index (κ3) is 2.49. The maximum atomic E-state index is 2.31. The average Bonchev–Trinajstić information content (AvgIpc) is 2.95. The molecule has 0 bridgehead atoms. The molecule has 0 amide bonds. The van der Waals surface area contributed by atoms with Crippen LogP contribution >= 0.6 is 7.92 Å². The fourth-order valence-electron chi connectivity index (χ4n) is 1.95. The van der Waals surface area contributed by atoms with Crippen LogP contribution in [-0.4, -0.2) is 14.5 Å². The second-order valence-electron chi connectivity index (χ2n) is 3.96. The van der Waals surface area contributed by atoms with Crippen molar-refractivity contribution < 1.29 is 0 Å². The van der Waals surface area contributed by atoms with Gasteiger partial charge >= 0.3 is 115 Å². The summed E-state index contributed by atoms with van der Waals surface area (Å²) in [5.74, 6) is 0. The summed E-state index contributed by atoms with van der Waals surface area (Å²) in [6, 6.07) is 26.3. The van der Waals surface area contributed by atoms with Crippen LogP contribution in [0.5, 0.6) is 0 Å². The maximum absolute atomic E-state index is 2.31. The van der Waals surface area contributed by atoms with Gasteiger partial charge in [0.2, 0.25) is 0 Å². The van der Waals surface area contributed by atoms with Crippen molar-refractivity contribution >= 4 is 37.2 Å². The van der Waals surface area contributed by atoms with E-state index in [1.54, 1.807) is 4.18 Å². The van der Waals surface area contributed by atoms with E-state index in [-0.39, 0.29) is 7.92 Å². The molecule has 0 aliphatic rings. The van der Waals surface area contributed by atoms with Crippen LogP contribution in [0.4, 0.5) is 0 Å². The van der Waals surface area contributed by atoms with Crippen LogP contribution in [0.3, 0.4) is 0 Å². The quantitative estimate of drug-likeness (QED) is 0.515. The number of hydrogen-bond donors (Lipinski definition) is 0. The van der Waals surface area contributed by atoms with Crippen molar-refractivity contribution in [2.75, 3.05) is 0 Å². The molecule has 0 unspecified atom stereocenters. The van der Waals surface area contributed by atoms with Gasteiger partial charge in [0.1, 0.15) is 0 Å². The van der Waals surface area contributed by atoms with Crippen molar-refractivity contribution in [2.45, 2.75) is 0 Å². The summed E-state index contributed by atoms with van der Waals surface area (Å²) in [6.45, 7) is 0. The zero-order valence-electron chi connectivity index (χ0n) is 9.86. The van der Waals surface area contributed by atoms with E-state index in [1.165, 1.54) is 10.6 Å². The summed E-state index contributed by atoms with van der Waals surface area (Å²) < 4.78 is 1.61. The van der Waals surface area contributed by atoms with Gasteiger partial charge in [-0.3, -0.25) is 0 Å². The second kappa shape index (κ2) is 5.67. The Morgan fingerprint density at radius 3 is 1.61 bits per heavy atom. The average molecular weight is 315 g/mol. The molecule has 0 nitrogen and oxygen atoms in total. The second-order valence-corrected chi connectivity index (χ2v) is 8.81. The van der Waals surface area contributed by atoms with E-state index in [4.69, 9.17) is 0 Å². The van der Waals surface area contributed by atoms with Crippen LogP contribution in [0, 0.1) is 0 Å². The molecule has 2 heteroatoms. The number of benzene rings is 2. The molecule has 0 fully saturated rings. The summed E-state index contributed by atoms with van der Waals surface area (Å²) in [4.78, 5) is 2.31. The molecule has 0 saturated carbocycles. The van der Waals surface area contributed by atoms with E-state index >= 15 is 0 Å². The fourth-order valence-corrected chi connectivity index (χ4v) is 7.30. The third-order valence-corrected chi connectivity index (χ3v) is 8.08. The van der Waals surface area contributed by atoms with Crippen molar-refractivity contribution in [1.29, 1.82) is 0 Å². The molecule has 1 heterocycles. The molecule has 0 aliphatic carbocycles. The van der Waals surface area contributed by atoms with Crippen molar-refractivity contribution in [3.8, 4) is 0 Å². The molecule has 0 spiro atoms. The first-order chi connectivity index (χ1) is 8.95. The van der Waals surface area contributed by atoms with Crippen LogP contribution in [0.2, 0.25) is 0 Å². The standard InChI is InChI=1S/C16H13PSe/c1-3-8-14(9-4-1)17(16-12-7-13-18-16)15-10-5-2-6-11-15/h1-13H. The Bertz CT molecular complexity index is 548. The first-order valence-corrected chi connectivity index (χ1v) is 9.07. The SMILES string of the molecule is c1ccc(P(c2ccccc2)c2ccc[se]2)cc1. The Balaban J connectivity index is 2.11. The molecule has 3 aromatic rings. The summed E-state index contributed by atoms with van der Waals surface area (Å²) in [5, 5.41) is 2.91. The van der Waals surface area contributed by atoms with E-state index in [0.29, 0.717) is 14.5 Å². The van der Waals surface area contributed by atoms with Gasteiger partial charge in [0.25, 0.3) is 0 Å². The van der Waals surface area contributed by atoms with Gasteiger partial charge in [-0.25, -0.2) is 0 Å². The van der Waals surface area contributed by atoms with Gasteiger partial charge in [-0.05, 0) is 0 Å². The van der Waals surface area contributed by atoms with Crippen LogP contribution in [0.1, 0.15) is 0 Å². The molecule has 0 saturated heterocycles. The Morgan fingerprint density at radius 2 is 1.17 bits per heavy atom. The van der Waals surface area contributed by atoms with Crippen LogP contribution in [0.15, 0.2) is 77.7 Å². The number of hydrogen-bond acceptors (Lipinski definition) is 0. The van der Waals surface area contributed by atoms with Gasteiger partial charge in [0.05, 0.1) is 0 Å². The molecule has 1 aromatic heterocycles. The van der Waals surface area contributed by atoms with Gasteiger partial charge in [-0.2, -0.15) is 0 Å². The van der Waals surface area contributed by atoms with Crippen LogP contribution in [-0.2, 0) is 0 Å². The van der Waals surface area contributed by atoms with Gasteiger partial charge < -0.3 is 0 Å². The molecule has 0 aliphatic heterocycles. The fraction of sp³-hybridized carbons (Fsp3) is 0. The molecule has 2 aromatic carbocycles. The predicted octanol–water partition coefficient (Wildman–Crippen LogP) is 2.50. The van der Waals surface area contributed by atoms with Crippen molar-refractivity contribution in [3.63, 3.8) is 0 Å². The molecule has 0 radical (unpaired) electrons. The number of rotatable bonds is 3. The Labute approximate surface area is 115 Å². The predicted molar refractivity (Wildman–Crippen MR) is 82.1 cm³/mol. The molecule has 0 atom stereocenters. The Kier molecular flexibility index (Phi) is 3.76. The monoisotopic (exact) mass is 316 g/mol. The van der Waals surface area contributed by atoms with Crippen LogP contribution < -0.4 is 14.8 Å². The first kappa shape index (κ1) is 11.9. The molecular weight excluding hydrogens is 302 g/mol. The molecule has 18 heavy (non-hydrogen) atoms. The van der Waals surface area contributed by atoms with E-state index < -0.39 is 0 Å². The van der Waals surface area contributed by atoms with Crippen molar-refractivity contribution in [3.05, 3.63) is 77.7 Å². The Hall–Kier alpha value is -1.13. The zero-order valence-corrected chi connectivity index (χ0v) is 12.5. The van der Waals surface area contributed by atoms with Gasteiger partial charge in [-0.15, -0.1) is 0 Å². The van der Waals surface area contributed by atoms with E-state index in [1.807, 2.05) is 0 Å². The van der Waals surface area contributed by atoms with Crippen molar-refractivity contribution in [1.82, 2.24) is 0 Å². The van der Waals surface area contributed by atoms with E-state index in [0.717, 1.165) is 0 Å². The summed E-state index contributed by atoms with van der Waals surface area (Å²) in [7, 11) is -0.326. The normalized spacial score (nSPS) is 10.7. The molecule has 3 rings (SSSR count). The minimum absolute atomic E-state index is 0.326. The summed E-state index contributed by atoms with van der Waals surface area (Å²) in [6.07, 6.45) is 0. The van der Waals surface area contributed by atoms with Gasteiger partial charge in [0, 0.05) is 0 Å². The summed E-state index contributed by atoms with van der Waals surface area (Å²) >= 11 is 0.525. The van der Waals surface area contributed by atoms with Gasteiger partial charge in [-0.1, -0.05) is 0 Å². The molecular formula is C16H13PSe. The molecule has 0 N–H and O–H groups in total. The minimum atomic E-state index is -0.326. The Morgan fingerprint density at radius 1 is 0.611 bits per heavy atom. The topological polar surface area (TPSA) is 0 Å². The van der Waals surface area contributed by atoms with Crippen molar-refractivity contribution in [2.24, 2.45) is 0 Å². The van der Waals surface area contributed by atoms with E-state index in [2.05, 4.69) is 77.7 Å². The van der Waals surface area contributed by atoms with Crippen LogP contribution in [0.25, 0.3) is 0 Å².